The highest BCUT2D eigenvalue weighted by molar-refractivity contribution is 5.94. The highest BCUT2D eigenvalue weighted by Gasteiger charge is 2.34. The van der Waals surface area contributed by atoms with Gasteiger partial charge in [-0.2, -0.15) is 0 Å². The van der Waals surface area contributed by atoms with Gasteiger partial charge in [-0.1, -0.05) is 24.3 Å². The van der Waals surface area contributed by atoms with Crippen LogP contribution in [0.25, 0.3) is 0 Å². The van der Waals surface area contributed by atoms with E-state index < -0.39 is 17.9 Å². The number of anilines is 1. The van der Waals surface area contributed by atoms with E-state index in [1.54, 1.807) is 10.9 Å². The summed E-state index contributed by atoms with van der Waals surface area (Å²) in [6.45, 7) is 3.40. The average Bonchev–Trinajstić information content (AvgIpc) is 3.03. The zero-order valence-electron chi connectivity index (χ0n) is 13.8. The fraction of sp³-hybridized carbons (Fsp3) is 0.375. The molecule has 1 aliphatic rings. The molecule has 0 radical (unpaired) electrons. The number of carbonyl (C=O) groups is 2. The minimum atomic E-state index is -0.819. The topological polar surface area (TPSA) is 92.2 Å². The lowest BCUT2D eigenvalue weighted by Crippen LogP contribution is -2.53. The van der Waals surface area contributed by atoms with E-state index in [0.29, 0.717) is 31.0 Å². The molecule has 3 rings (SSSR count). The molecule has 2 aromatic rings. The van der Waals surface area contributed by atoms with Gasteiger partial charge in [0.2, 0.25) is 5.91 Å². The molecule has 0 saturated carbocycles. The first kappa shape index (κ1) is 16.9. The molecule has 3 amide bonds. The zero-order chi connectivity index (χ0) is 17.8. The highest BCUT2D eigenvalue weighted by atomic mass is 19.1. The monoisotopic (exact) mass is 346 g/mol. The summed E-state index contributed by atoms with van der Waals surface area (Å²) in [5, 5.41) is 13.2. The fourth-order valence-corrected chi connectivity index (χ4v) is 2.74. The Morgan fingerprint density at radius 3 is 2.88 bits per heavy atom. The van der Waals surface area contributed by atoms with Crippen LogP contribution < -0.4 is 10.6 Å². The third-order valence-corrected chi connectivity index (χ3v) is 3.88. The van der Waals surface area contributed by atoms with Crippen LogP contribution >= 0.6 is 0 Å². The maximum absolute atomic E-state index is 13.1. The van der Waals surface area contributed by atoms with Crippen molar-refractivity contribution in [2.45, 2.75) is 25.9 Å². The molecule has 0 spiro atoms. The van der Waals surface area contributed by atoms with Crippen LogP contribution in [0.1, 0.15) is 24.9 Å². The Morgan fingerprint density at radius 1 is 1.40 bits per heavy atom. The number of hydrogen-bond donors (Lipinski definition) is 2. The van der Waals surface area contributed by atoms with Gasteiger partial charge in [0.1, 0.15) is 11.9 Å². The standard InChI is InChI=1S/C16H19FN6O2/c1-2-8-22-10-13(20-21-22)19-16(25)23-9-7-18-15(24)14(23)11-3-5-12(17)6-4-11/h3-6,10,14H,2,7-9H2,1H3,(H,18,24)(H,19,25). The Bertz CT molecular complexity index is 760. The second-order valence-corrected chi connectivity index (χ2v) is 5.74. The predicted octanol–water partition coefficient (Wildman–Crippen LogP) is 1.53. The molecule has 1 unspecified atom stereocenters. The van der Waals surface area contributed by atoms with Gasteiger partial charge in [-0.15, -0.1) is 5.10 Å². The average molecular weight is 346 g/mol. The molecule has 9 heteroatoms. The van der Waals surface area contributed by atoms with Crippen molar-refractivity contribution in [3.63, 3.8) is 0 Å². The number of halogens is 1. The first-order valence-electron chi connectivity index (χ1n) is 8.09. The zero-order valence-corrected chi connectivity index (χ0v) is 13.8. The normalized spacial score (nSPS) is 17.3. The van der Waals surface area contributed by atoms with Crippen LogP contribution in [0.3, 0.4) is 0 Å². The van der Waals surface area contributed by atoms with Gasteiger partial charge in [0.15, 0.2) is 5.82 Å². The molecule has 0 aliphatic carbocycles. The Labute approximate surface area is 144 Å². The number of nitrogens with zero attached hydrogens (tertiary/aromatic N) is 4. The Hall–Kier alpha value is -2.97. The lowest BCUT2D eigenvalue weighted by atomic mass is 10.0. The molecule has 0 bridgehead atoms. The Morgan fingerprint density at radius 2 is 2.16 bits per heavy atom. The SMILES string of the molecule is CCCn1cc(NC(=O)N2CCNC(=O)C2c2ccc(F)cc2)nn1. The minimum absolute atomic E-state index is 0.303. The van der Waals surface area contributed by atoms with Crippen LogP contribution in [0.4, 0.5) is 15.0 Å². The highest BCUT2D eigenvalue weighted by Crippen LogP contribution is 2.24. The number of carbonyl (C=O) groups excluding carboxylic acids is 2. The molecule has 1 atom stereocenters. The molecule has 2 heterocycles. The number of rotatable bonds is 4. The van der Waals surface area contributed by atoms with E-state index in [1.165, 1.54) is 29.2 Å². The fourth-order valence-electron chi connectivity index (χ4n) is 2.74. The van der Waals surface area contributed by atoms with Gasteiger partial charge in [-0.25, -0.2) is 9.18 Å². The van der Waals surface area contributed by atoms with E-state index in [4.69, 9.17) is 0 Å². The third kappa shape index (κ3) is 3.76. The van der Waals surface area contributed by atoms with Crippen molar-refractivity contribution in [3.8, 4) is 0 Å². The molecule has 1 aliphatic heterocycles. The largest absolute Gasteiger partial charge is 0.352 e. The summed E-state index contributed by atoms with van der Waals surface area (Å²) >= 11 is 0. The van der Waals surface area contributed by atoms with Crippen molar-refractivity contribution in [1.29, 1.82) is 0 Å². The molecule has 25 heavy (non-hydrogen) atoms. The van der Waals surface area contributed by atoms with Gasteiger partial charge < -0.3 is 10.2 Å². The van der Waals surface area contributed by atoms with Crippen molar-refractivity contribution in [2.24, 2.45) is 0 Å². The lowest BCUT2D eigenvalue weighted by molar-refractivity contribution is -0.127. The second kappa shape index (κ2) is 7.29. The first-order valence-corrected chi connectivity index (χ1v) is 8.09. The van der Waals surface area contributed by atoms with Gasteiger partial charge in [0.05, 0.1) is 6.20 Å². The molecular formula is C16H19FN6O2. The summed E-state index contributed by atoms with van der Waals surface area (Å²) in [4.78, 5) is 26.3. The van der Waals surface area contributed by atoms with Gasteiger partial charge >= 0.3 is 6.03 Å². The molecule has 1 aromatic carbocycles. The van der Waals surface area contributed by atoms with E-state index in [-0.39, 0.29) is 5.91 Å². The van der Waals surface area contributed by atoms with E-state index in [2.05, 4.69) is 20.9 Å². The van der Waals surface area contributed by atoms with Crippen molar-refractivity contribution in [1.82, 2.24) is 25.2 Å². The summed E-state index contributed by atoms with van der Waals surface area (Å²) in [7, 11) is 0. The second-order valence-electron chi connectivity index (χ2n) is 5.74. The minimum Gasteiger partial charge on any atom is -0.352 e. The quantitative estimate of drug-likeness (QED) is 0.878. The van der Waals surface area contributed by atoms with Crippen LogP contribution in [0.5, 0.6) is 0 Å². The number of aromatic nitrogens is 3. The smallest absolute Gasteiger partial charge is 0.324 e. The van der Waals surface area contributed by atoms with Gasteiger partial charge in [-0.3, -0.25) is 14.8 Å². The van der Waals surface area contributed by atoms with E-state index >= 15 is 0 Å². The van der Waals surface area contributed by atoms with Crippen molar-refractivity contribution in [2.75, 3.05) is 18.4 Å². The van der Waals surface area contributed by atoms with Gasteiger partial charge in [0, 0.05) is 19.6 Å². The van der Waals surface area contributed by atoms with Crippen LogP contribution in [0.15, 0.2) is 30.5 Å². The molecule has 1 fully saturated rings. The number of benzene rings is 1. The number of piperazine rings is 1. The lowest BCUT2D eigenvalue weighted by Gasteiger charge is -2.35. The number of hydrogen-bond acceptors (Lipinski definition) is 4. The van der Waals surface area contributed by atoms with E-state index in [0.717, 1.165) is 6.42 Å². The molecular weight excluding hydrogens is 327 g/mol. The number of urea groups is 1. The maximum atomic E-state index is 13.1. The maximum Gasteiger partial charge on any atom is 0.324 e. The summed E-state index contributed by atoms with van der Waals surface area (Å²) in [6.07, 6.45) is 2.54. The van der Waals surface area contributed by atoms with Crippen LogP contribution in [-0.2, 0) is 11.3 Å². The molecule has 2 N–H and O–H groups in total. The van der Waals surface area contributed by atoms with Crippen molar-refractivity contribution in [3.05, 3.63) is 41.8 Å². The van der Waals surface area contributed by atoms with Crippen LogP contribution in [-0.4, -0.2) is 44.9 Å². The molecule has 8 nitrogen and oxygen atoms in total. The Kier molecular flexibility index (Phi) is 4.92. The molecule has 1 saturated heterocycles. The van der Waals surface area contributed by atoms with Gasteiger partial charge in [0.25, 0.3) is 0 Å². The first-order chi connectivity index (χ1) is 12.1. The number of aryl methyl sites for hydroxylation is 1. The van der Waals surface area contributed by atoms with Crippen LogP contribution in [0.2, 0.25) is 0 Å². The molecule has 132 valence electrons. The summed E-state index contributed by atoms with van der Waals surface area (Å²) in [5.74, 6) is -0.381. The third-order valence-electron chi connectivity index (χ3n) is 3.88. The van der Waals surface area contributed by atoms with Crippen molar-refractivity contribution < 1.29 is 14.0 Å². The van der Waals surface area contributed by atoms with E-state index in [1.807, 2.05) is 6.92 Å². The Balaban J connectivity index is 1.78. The number of nitrogens with one attached hydrogen (secondary N) is 2. The summed E-state index contributed by atoms with van der Waals surface area (Å²) in [5.41, 5.74) is 0.545. The van der Waals surface area contributed by atoms with Crippen molar-refractivity contribution >= 4 is 17.8 Å². The summed E-state index contributed by atoms with van der Waals surface area (Å²) in [6, 6.07) is 4.27. The van der Waals surface area contributed by atoms with E-state index in [9.17, 15) is 14.0 Å². The predicted molar refractivity (Wildman–Crippen MR) is 88.2 cm³/mol. The number of amides is 3. The van der Waals surface area contributed by atoms with Gasteiger partial charge in [-0.05, 0) is 24.1 Å². The molecule has 1 aromatic heterocycles. The summed E-state index contributed by atoms with van der Waals surface area (Å²) < 4.78 is 14.8. The van der Waals surface area contributed by atoms with Crippen LogP contribution in [0, 0.1) is 5.82 Å².